The molecule has 150 valence electrons. The Morgan fingerprint density at radius 2 is 1.79 bits per heavy atom. The Balaban J connectivity index is 1.90. The third-order valence-corrected chi connectivity index (χ3v) is 3.83. The van der Waals surface area contributed by atoms with Crippen molar-refractivity contribution >= 4 is 17.5 Å². The molecule has 6 nitrogen and oxygen atoms in total. The summed E-state index contributed by atoms with van der Waals surface area (Å²) >= 11 is 0. The van der Waals surface area contributed by atoms with Crippen molar-refractivity contribution < 1.29 is 23.5 Å². The lowest BCUT2D eigenvalue weighted by atomic mass is 10.1. The number of hydrogen-bond donors (Lipinski definition) is 2. The lowest BCUT2D eigenvalue weighted by Crippen LogP contribution is -2.23. The van der Waals surface area contributed by atoms with E-state index < -0.39 is 11.7 Å². The average molecular weight is 388 g/mol. The first-order valence-electron chi connectivity index (χ1n) is 9.08. The topological polar surface area (TPSA) is 76.7 Å². The molecule has 2 aromatic carbocycles. The normalized spacial score (nSPS) is 10.5. The average Bonchev–Trinajstić information content (AvgIpc) is 2.67. The SMILES string of the molecule is CCOCCOCc1cccc(CNC(=O)c2ccc(F)c(NC(C)=O)c2)c1. The van der Waals surface area contributed by atoms with Gasteiger partial charge in [0.05, 0.1) is 25.5 Å². The van der Waals surface area contributed by atoms with Crippen molar-refractivity contribution in [3.63, 3.8) is 0 Å². The number of carbonyl (C=O) groups excluding carboxylic acids is 2. The zero-order chi connectivity index (χ0) is 20.4. The Labute approximate surface area is 164 Å². The standard InChI is InChI=1S/C21H25FN2O4/c1-3-27-9-10-28-14-17-6-4-5-16(11-17)13-23-21(26)18-7-8-19(22)20(12-18)24-15(2)25/h4-8,11-12H,3,9-10,13-14H2,1-2H3,(H,23,26)(H,24,25). The van der Waals surface area contributed by atoms with E-state index in [4.69, 9.17) is 9.47 Å². The second kappa shape index (κ2) is 11.2. The van der Waals surface area contributed by atoms with Gasteiger partial charge in [0, 0.05) is 25.6 Å². The minimum absolute atomic E-state index is 0.0219. The molecule has 0 unspecified atom stereocenters. The zero-order valence-corrected chi connectivity index (χ0v) is 16.1. The summed E-state index contributed by atoms with van der Waals surface area (Å²) in [4.78, 5) is 23.5. The molecule has 0 fully saturated rings. The summed E-state index contributed by atoms with van der Waals surface area (Å²) in [7, 11) is 0. The Hall–Kier alpha value is -2.77. The van der Waals surface area contributed by atoms with Crippen molar-refractivity contribution in [2.45, 2.75) is 27.0 Å². The van der Waals surface area contributed by atoms with E-state index in [2.05, 4.69) is 10.6 Å². The molecule has 0 heterocycles. The van der Waals surface area contributed by atoms with Crippen LogP contribution in [0.2, 0.25) is 0 Å². The number of ether oxygens (including phenoxy) is 2. The molecule has 0 bridgehead atoms. The molecule has 0 aromatic heterocycles. The van der Waals surface area contributed by atoms with Gasteiger partial charge in [0.2, 0.25) is 5.91 Å². The molecule has 0 atom stereocenters. The van der Waals surface area contributed by atoms with E-state index in [1.165, 1.54) is 19.1 Å². The fourth-order valence-corrected chi connectivity index (χ4v) is 2.52. The van der Waals surface area contributed by atoms with Gasteiger partial charge in [-0.05, 0) is 36.2 Å². The van der Waals surface area contributed by atoms with E-state index in [1.54, 1.807) is 0 Å². The lowest BCUT2D eigenvalue weighted by molar-refractivity contribution is -0.114. The van der Waals surface area contributed by atoms with Gasteiger partial charge >= 0.3 is 0 Å². The fourth-order valence-electron chi connectivity index (χ4n) is 2.52. The highest BCUT2D eigenvalue weighted by Crippen LogP contribution is 2.16. The van der Waals surface area contributed by atoms with Gasteiger partial charge in [-0.1, -0.05) is 24.3 Å². The van der Waals surface area contributed by atoms with Crippen LogP contribution in [0.3, 0.4) is 0 Å². The number of anilines is 1. The molecule has 0 radical (unpaired) electrons. The Kier molecular flexibility index (Phi) is 8.58. The summed E-state index contributed by atoms with van der Waals surface area (Å²) in [5.74, 6) is -1.36. The molecule has 0 aliphatic heterocycles. The fraction of sp³-hybridized carbons (Fsp3) is 0.333. The highest BCUT2D eigenvalue weighted by atomic mass is 19.1. The summed E-state index contributed by atoms with van der Waals surface area (Å²) in [6, 6.07) is 11.5. The van der Waals surface area contributed by atoms with Gasteiger partial charge in [-0.15, -0.1) is 0 Å². The van der Waals surface area contributed by atoms with Crippen LogP contribution >= 0.6 is 0 Å². The first kappa shape index (κ1) is 21.5. The third kappa shape index (κ3) is 7.09. The van der Waals surface area contributed by atoms with Gasteiger partial charge in [-0.2, -0.15) is 0 Å². The maximum atomic E-state index is 13.7. The molecule has 2 N–H and O–H groups in total. The number of amides is 2. The summed E-state index contributed by atoms with van der Waals surface area (Å²) in [6.45, 7) is 5.74. The highest BCUT2D eigenvalue weighted by molar-refractivity contribution is 5.96. The molecule has 0 spiro atoms. The van der Waals surface area contributed by atoms with Crippen LogP contribution < -0.4 is 10.6 Å². The summed E-state index contributed by atoms with van der Waals surface area (Å²) in [5.41, 5.74) is 2.16. The minimum atomic E-state index is -0.594. The summed E-state index contributed by atoms with van der Waals surface area (Å²) in [6.07, 6.45) is 0. The predicted molar refractivity (Wildman–Crippen MR) is 104 cm³/mol. The van der Waals surface area contributed by atoms with E-state index in [0.717, 1.165) is 17.2 Å². The van der Waals surface area contributed by atoms with Crippen LogP contribution in [0.4, 0.5) is 10.1 Å². The van der Waals surface area contributed by atoms with Crippen LogP contribution in [0.15, 0.2) is 42.5 Å². The Bertz CT molecular complexity index is 811. The van der Waals surface area contributed by atoms with Gasteiger partial charge in [-0.25, -0.2) is 4.39 Å². The van der Waals surface area contributed by atoms with E-state index >= 15 is 0 Å². The number of hydrogen-bond acceptors (Lipinski definition) is 4. The number of benzene rings is 2. The van der Waals surface area contributed by atoms with E-state index in [9.17, 15) is 14.0 Å². The van der Waals surface area contributed by atoms with Crippen LogP contribution in [0.1, 0.15) is 35.3 Å². The van der Waals surface area contributed by atoms with Gasteiger partial charge < -0.3 is 20.1 Å². The van der Waals surface area contributed by atoms with Crippen LogP contribution in [-0.4, -0.2) is 31.6 Å². The largest absolute Gasteiger partial charge is 0.379 e. The molecule has 2 aromatic rings. The van der Waals surface area contributed by atoms with E-state index in [-0.39, 0.29) is 17.2 Å². The molecule has 7 heteroatoms. The maximum Gasteiger partial charge on any atom is 0.251 e. The Morgan fingerprint density at radius 3 is 2.54 bits per heavy atom. The first-order valence-corrected chi connectivity index (χ1v) is 9.08. The van der Waals surface area contributed by atoms with Crippen LogP contribution in [0.5, 0.6) is 0 Å². The molecule has 0 saturated heterocycles. The van der Waals surface area contributed by atoms with E-state index in [1.807, 2.05) is 31.2 Å². The first-order chi connectivity index (χ1) is 13.5. The van der Waals surface area contributed by atoms with Crippen molar-refractivity contribution in [2.24, 2.45) is 0 Å². The van der Waals surface area contributed by atoms with Gasteiger partial charge in [0.25, 0.3) is 5.91 Å². The second-order valence-electron chi connectivity index (χ2n) is 6.13. The van der Waals surface area contributed by atoms with Crippen LogP contribution in [0.25, 0.3) is 0 Å². The quantitative estimate of drug-likeness (QED) is 0.613. The van der Waals surface area contributed by atoms with Crippen molar-refractivity contribution in [3.05, 3.63) is 65.0 Å². The number of rotatable bonds is 10. The minimum Gasteiger partial charge on any atom is -0.379 e. The van der Waals surface area contributed by atoms with Gasteiger partial charge in [-0.3, -0.25) is 9.59 Å². The molecule has 2 amide bonds. The maximum absolute atomic E-state index is 13.7. The summed E-state index contributed by atoms with van der Waals surface area (Å²) in [5, 5.41) is 5.16. The smallest absolute Gasteiger partial charge is 0.251 e. The predicted octanol–water partition coefficient (Wildman–Crippen LogP) is 3.27. The number of halogens is 1. The van der Waals surface area contributed by atoms with Gasteiger partial charge in [0.1, 0.15) is 5.82 Å². The molecule has 0 aliphatic carbocycles. The molecule has 0 aliphatic rings. The monoisotopic (exact) mass is 388 g/mol. The van der Waals surface area contributed by atoms with Crippen molar-refractivity contribution in [3.8, 4) is 0 Å². The van der Waals surface area contributed by atoms with E-state index in [0.29, 0.717) is 33.0 Å². The third-order valence-electron chi connectivity index (χ3n) is 3.83. The molecule has 0 saturated carbocycles. The molecular formula is C21H25FN2O4. The molecule has 2 rings (SSSR count). The second-order valence-corrected chi connectivity index (χ2v) is 6.13. The van der Waals surface area contributed by atoms with Crippen molar-refractivity contribution in [2.75, 3.05) is 25.1 Å². The lowest BCUT2D eigenvalue weighted by Gasteiger charge is -2.10. The van der Waals surface area contributed by atoms with Crippen molar-refractivity contribution in [1.29, 1.82) is 0 Å². The summed E-state index contributed by atoms with van der Waals surface area (Å²) < 4.78 is 24.5. The highest BCUT2D eigenvalue weighted by Gasteiger charge is 2.11. The molecule has 28 heavy (non-hydrogen) atoms. The van der Waals surface area contributed by atoms with Crippen molar-refractivity contribution in [1.82, 2.24) is 5.32 Å². The van der Waals surface area contributed by atoms with Crippen LogP contribution in [-0.2, 0) is 27.4 Å². The number of carbonyl (C=O) groups is 2. The zero-order valence-electron chi connectivity index (χ0n) is 16.1. The Morgan fingerprint density at radius 1 is 1.04 bits per heavy atom. The van der Waals surface area contributed by atoms with Gasteiger partial charge in [0.15, 0.2) is 0 Å². The number of nitrogens with one attached hydrogen (secondary N) is 2. The van der Waals surface area contributed by atoms with Crippen LogP contribution in [0, 0.1) is 5.82 Å². The molecular weight excluding hydrogens is 363 g/mol.